The molecule has 3 aromatic rings. The van der Waals surface area contributed by atoms with Crippen molar-refractivity contribution in [1.82, 2.24) is 4.57 Å². The molecule has 1 aromatic heterocycles. The second kappa shape index (κ2) is 6.28. The fraction of sp³-hybridized carbons (Fsp3) is 0.222. The van der Waals surface area contributed by atoms with E-state index < -0.39 is 0 Å². The largest absolute Gasteiger partial charge is 0.319 e. The monoisotopic (exact) mass is 310 g/mol. The number of hydrogen-bond donors (Lipinski definition) is 0. The molecule has 112 valence electrons. The van der Waals surface area contributed by atoms with Gasteiger partial charge in [-0.25, -0.2) is 0 Å². The highest BCUT2D eigenvalue weighted by Gasteiger charge is 2.07. The van der Waals surface area contributed by atoms with Gasteiger partial charge in [0.2, 0.25) is 5.91 Å². The molecule has 0 spiro atoms. The van der Waals surface area contributed by atoms with E-state index in [0.29, 0.717) is 6.42 Å². The molecule has 1 amide bonds. The Labute approximate surface area is 133 Å². The fourth-order valence-corrected chi connectivity index (χ4v) is 3.68. The second-order valence-corrected chi connectivity index (χ2v) is 6.37. The van der Waals surface area contributed by atoms with Crippen molar-refractivity contribution in [3.63, 3.8) is 0 Å². The van der Waals surface area contributed by atoms with E-state index in [1.807, 2.05) is 48.0 Å². The van der Waals surface area contributed by atoms with Crippen molar-refractivity contribution in [3.05, 3.63) is 64.5 Å². The van der Waals surface area contributed by atoms with Crippen LogP contribution in [0.15, 0.2) is 53.5 Å². The van der Waals surface area contributed by atoms with Crippen LogP contribution < -0.4 is 4.80 Å². The van der Waals surface area contributed by atoms with Crippen LogP contribution in [0.4, 0.5) is 0 Å². The lowest BCUT2D eigenvalue weighted by Gasteiger charge is -1.99. The Kier molecular flexibility index (Phi) is 4.20. The molecule has 2 aromatic carbocycles. The molecule has 3 nitrogen and oxygen atoms in total. The van der Waals surface area contributed by atoms with E-state index in [9.17, 15) is 4.79 Å². The molecule has 4 heteroatoms. The number of rotatable bonds is 3. The quantitative estimate of drug-likeness (QED) is 0.727. The molecular formula is C18H18N2OS. The van der Waals surface area contributed by atoms with E-state index in [1.54, 1.807) is 11.3 Å². The Morgan fingerprint density at radius 3 is 2.64 bits per heavy atom. The summed E-state index contributed by atoms with van der Waals surface area (Å²) in [4.78, 5) is 17.2. The average molecular weight is 310 g/mol. The third-order valence-corrected chi connectivity index (χ3v) is 4.81. The third kappa shape index (κ3) is 3.02. The molecule has 0 saturated carbocycles. The topological polar surface area (TPSA) is 34.4 Å². The summed E-state index contributed by atoms with van der Waals surface area (Å²) in [7, 11) is 1.97. The Hall–Kier alpha value is -2.20. The van der Waals surface area contributed by atoms with Gasteiger partial charge in [0, 0.05) is 13.5 Å². The van der Waals surface area contributed by atoms with Crippen molar-refractivity contribution < 1.29 is 4.79 Å². The third-order valence-electron chi connectivity index (χ3n) is 3.72. The molecule has 0 N–H and O–H groups in total. The van der Waals surface area contributed by atoms with E-state index in [0.717, 1.165) is 21.4 Å². The number of fused-ring (bicyclic) bond motifs is 1. The zero-order chi connectivity index (χ0) is 15.5. The number of para-hydroxylation sites is 1. The highest BCUT2D eigenvalue weighted by Crippen LogP contribution is 2.19. The molecule has 0 radical (unpaired) electrons. The maximum atomic E-state index is 12.1. The van der Waals surface area contributed by atoms with Gasteiger partial charge < -0.3 is 4.57 Å². The standard InChI is InChI=1S/C18H18N2OS/c1-13-7-6-10-15-17(13)20(2)18(22-15)19-16(21)12-11-14-8-4-3-5-9-14/h3-10H,11-12H2,1-2H3. The maximum absolute atomic E-state index is 12.1. The first-order valence-electron chi connectivity index (χ1n) is 7.32. The van der Waals surface area contributed by atoms with E-state index in [4.69, 9.17) is 0 Å². The molecule has 0 aliphatic rings. The van der Waals surface area contributed by atoms with Crippen molar-refractivity contribution in [2.75, 3.05) is 0 Å². The van der Waals surface area contributed by atoms with Crippen LogP contribution in [0.3, 0.4) is 0 Å². The van der Waals surface area contributed by atoms with Crippen molar-refractivity contribution in [2.24, 2.45) is 12.0 Å². The summed E-state index contributed by atoms with van der Waals surface area (Å²) in [5, 5.41) is 0. The number of aromatic nitrogens is 1. The number of aryl methyl sites for hydroxylation is 3. The molecule has 0 atom stereocenters. The molecule has 0 saturated heterocycles. The number of benzene rings is 2. The number of amides is 1. The molecule has 0 unspecified atom stereocenters. The average Bonchev–Trinajstić information content (AvgIpc) is 2.84. The van der Waals surface area contributed by atoms with Gasteiger partial charge in [0.1, 0.15) is 0 Å². The Balaban J connectivity index is 1.84. The van der Waals surface area contributed by atoms with Gasteiger partial charge in [-0.1, -0.05) is 53.8 Å². The van der Waals surface area contributed by atoms with Crippen LogP contribution >= 0.6 is 11.3 Å². The van der Waals surface area contributed by atoms with E-state index in [2.05, 4.69) is 24.0 Å². The smallest absolute Gasteiger partial charge is 0.248 e. The first kappa shape index (κ1) is 14.7. The van der Waals surface area contributed by atoms with Crippen LogP contribution in [0, 0.1) is 6.92 Å². The second-order valence-electron chi connectivity index (χ2n) is 5.36. The van der Waals surface area contributed by atoms with Crippen molar-refractivity contribution >= 4 is 27.5 Å². The zero-order valence-corrected chi connectivity index (χ0v) is 13.6. The predicted octanol–water partition coefficient (Wildman–Crippen LogP) is 3.61. The van der Waals surface area contributed by atoms with Gasteiger partial charge >= 0.3 is 0 Å². The summed E-state index contributed by atoms with van der Waals surface area (Å²) in [5.41, 5.74) is 3.53. The highest BCUT2D eigenvalue weighted by atomic mass is 32.1. The van der Waals surface area contributed by atoms with Crippen LogP contribution in [0.1, 0.15) is 17.5 Å². The molecule has 0 bridgehead atoms. The van der Waals surface area contributed by atoms with Gasteiger partial charge in [-0.3, -0.25) is 4.79 Å². The van der Waals surface area contributed by atoms with Crippen LogP contribution in [-0.2, 0) is 18.3 Å². The molecular weight excluding hydrogens is 292 g/mol. The summed E-state index contributed by atoms with van der Waals surface area (Å²) in [6, 6.07) is 16.2. The predicted molar refractivity (Wildman–Crippen MR) is 90.9 cm³/mol. The summed E-state index contributed by atoms with van der Waals surface area (Å²) in [6.07, 6.45) is 1.17. The summed E-state index contributed by atoms with van der Waals surface area (Å²) < 4.78 is 3.17. The lowest BCUT2D eigenvalue weighted by Crippen LogP contribution is -2.13. The number of carbonyl (C=O) groups is 1. The Bertz CT molecular complexity index is 875. The lowest BCUT2D eigenvalue weighted by molar-refractivity contribution is -0.118. The van der Waals surface area contributed by atoms with Crippen LogP contribution in [-0.4, -0.2) is 10.5 Å². The lowest BCUT2D eigenvalue weighted by atomic mass is 10.1. The van der Waals surface area contributed by atoms with Crippen molar-refractivity contribution in [2.45, 2.75) is 19.8 Å². The van der Waals surface area contributed by atoms with E-state index in [-0.39, 0.29) is 5.91 Å². The van der Waals surface area contributed by atoms with Crippen LogP contribution in [0.5, 0.6) is 0 Å². The number of nitrogens with zero attached hydrogens (tertiary/aromatic N) is 2. The molecule has 0 aliphatic carbocycles. The van der Waals surface area contributed by atoms with Gasteiger partial charge in [-0.15, -0.1) is 0 Å². The van der Waals surface area contributed by atoms with Crippen molar-refractivity contribution in [3.8, 4) is 0 Å². The fourth-order valence-electron chi connectivity index (χ4n) is 2.56. The zero-order valence-electron chi connectivity index (χ0n) is 12.7. The molecule has 1 heterocycles. The van der Waals surface area contributed by atoms with Crippen molar-refractivity contribution in [1.29, 1.82) is 0 Å². The maximum Gasteiger partial charge on any atom is 0.248 e. The Morgan fingerprint density at radius 2 is 1.91 bits per heavy atom. The first-order chi connectivity index (χ1) is 10.6. The minimum Gasteiger partial charge on any atom is -0.319 e. The van der Waals surface area contributed by atoms with Gasteiger partial charge in [0.05, 0.1) is 10.2 Å². The van der Waals surface area contributed by atoms with Gasteiger partial charge in [0.15, 0.2) is 4.80 Å². The van der Waals surface area contributed by atoms with E-state index in [1.165, 1.54) is 11.1 Å². The molecule has 0 fully saturated rings. The number of hydrogen-bond acceptors (Lipinski definition) is 2. The minimum atomic E-state index is -0.0661. The molecule has 22 heavy (non-hydrogen) atoms. The van der Waals surface area contributed by atoms with Crippen LogP contribution in [0.25, 0.3) is 10.2 Å². The SMILES string of the molecule is Cc1cccc2sc(=NC(=O)CCc3ccccc3)n(C)c12. The summed E-state index contributed by atoms with van der Waals surface area (Å²) in [5.74, 6) is -0.0661. The van der Waals surface area contributed by atoms with Crippen LogP contribution in [0.2, 0.25) is 0 Å². The number of carbonyl (C=O) groups excluding carboxylic acids is 1. The Morgan fingerprint density at radius 1 is 1.14 bits per heavy atom. The number of thiazole rings is 1. The normalized spacial score (nSPS) is 12.0. The van der Waals surface area contributed by atoms with Gasteiger partial charge in [0.25, 0.3) is 0 Å². The first-order valence-corrected chi connectivity index (χ1v) is 8.13. The summed E-state index contributed by atoms with van der Waals surface area (Å²) in [6.45, 7) is 2.08. The molecule has 3 rings (SSSR count). The van der Waals surface area contributed by atoms with Gasteiger partial charge in [-0.2, -0.15) is 4.99 Å². The van der Waals surface area contributed by atoms with E-state index >= 15 is 0 Å². The summed E-state index contributed by atoms with van der Waals surface area (Å²) >= 11 is 1.56. The van der Waals surface area contributed by atoms with Gasteiger partial charge in [-0.05, 0) is 30.5 Å². The minimum absolute atomic E-state index is 0.0661. The molecule has 0 aliphatic heterocycles. The highest BCUT2D eigenvalue weighted by molar-refractivity contribution is 7.16.